The Morgan fingerprint density at radius 1 is 0.933 bits per heavy atom. The molecule has 2 unspecified atom stereocenters. The summed E-state index contributed by atoms with van der Waals surface area (Å²) in [7, 11) is 0. The lowest BCUT2D eigenvalue weighted by Crippen LogP contribution is -2.34. The van der Waals surface area contributed by atoms with Crippen molar-refractivity contribution in [2.24, 2.45) is 11.8 Å². The quantitative estimate of drug-likeness (QED) is 0.705. The molecule has 15 heavy (non-hydrogen) atoms. The van der Waals surface area contributed by atoms with Gasteiger partial charge in [0.1, 0.15) is 0 Å². The van der Waals surface area contributed by atoms with Crippen molar-refractivity contribution in [3.63, 3.8) is 0 Å². The van der Waals surface area contributed by atoms with E-state index in [-0.39, 0.29) is 6.29 Å². The van der Waals surface area contributed by atoms with Gasteiger partial charge in [-0.2, -0.15) is 0 Å². The molecule has 2 saturated heterocycles. The molecular weight excluding hydrogens is 192 g/mol. The maximum absolute atomic E-state index is 5.81. The Hall–Kier alpha value is -0.120. The van der Waals surface area contributed by atoms with Crippen LogP contribution in [0.1, 0.15) is 33.1 Å². The fraction of sp³-hybridized carbons (Fsp3) is 1.00. The smallest absolute Gasteiger partial charge is 0.154 e. The Morgan fingerprint density at radius 3 is 2.27 bits per heavy atom. The van der Waals surface area contributed by atoms with E-state index in [1.807, 2.05) is 6.92 Å². The normalized spacial score (nSPS) is 42.8. The second-order valence-corrected chi connectivity index (χ2v) is 4.97. The fourth-order valence-electron chi connectivity index (χ4n) is 2.27. The standard InChI is InChI=1S/C12H22O3/c1-9-3-4-12(15-6-9)5-11-7-13-10(2)14-8-11/h9-12H,3-8H2,1-2H3. The molecule has 0 aliphatic carbocycles. The van der Waals surface area contributed by atoms with E-state index < -0.39 is 0 Å². The Balaban J connectivity index is 1.68. The van der Waals surface area contributed by atoms with Gasteiger partial charge in [0.2, 0.25) is 0 Å². The molecule has 3 heteroatoms. The van der Waals surface area contributed by atoms with Crippen molar-refractivity contribution in [1.29, 1.82) is 0 Å². The second-order valence-electron chi connectivity index (χ2n) is 4.97. The summed E-state index contributed by atoms with van der Waals surface area (Å²) in [4.78, 5) is 0. The van der Waals surface area contributed by atoms with Crippen molar-refractivity contribution >= 4 is 0 Å². The van der Waals surface area contributed by atoms with Crippen molar-refractivity contribution in [2.75, 3.05) is 19.8 Å². The van der Waals surface area contributed by atoms with Crippen LogP contribution in [0.15, 0.2) is 0 Å². The first-order valence-corrected chi connectivity index (χ1v) is 6.09. The Bertz CT molecular complexity index is 159. The maximum atomic E-state index is 5.81. The van der Waals surface area contributed by atoms with Crippen LogP contribution < -0.4 is 0 Å². The van der Waals surface area contributed by atoms with Gasteiger partial charge < -0.3 is 14.2 Å². The molecule has 2 aliphatic heterocycles. The molecule has 0 aromatic rings. The predicted octanol–water partition coefficient (Wildman–Crippen LogP) is 2.20. The molecule has 0 saturated carbocycles. The van der Waals surface area contributed by atoms with E-state index in [9.17, 15) is 0 Å². The van der Waals surface area contributed by atoms with E-state index in [0.717, 1.165) is 32.2 Å². The van der Waals surface area contributed by atoms with Gasteiger partial charge in [0.15, 0.2) is 6.29 Å². The van der Waals surface area contributed by atoms with Gasteiger partial charge in [-0.1, -0.05) is 6.92 Å². The SMILES string of the molecule is CC1CCC(CC2COC(C)OC2)OC1. The molecule has 0 radical (unpaired) electrons. The van der Waals surface area contributed by atoms with Gasteiger partial charge in [0.25, 0.3) is 0 Å². The van der Waals surface area contributed by atoms with E-state index in [1.165, 1.54) is 12.8 Å². The molecule has 0 amide bonds. The minimum absolute atomic E-state index is 0.0199. The first-order valence-electron chi connectivity index (χ1n) is 6.09. The molecule has 0 bridgehead atoms. The van der Waals surface area contributed by atoms with Crippen LogP contribution in [0.25, 0.3) is 0 Å². The van der Waals surface area contributed by atoms with E-state index in [1.54, 1.807) is 0 Å². The Kier molecular flexibility index (Phi) is 4.00. The van der Waals surface area contributed by atoms with Gasteiger partial charge >= 0.3 is 0 Å². The molecule has 2 heterocycles. The van der Waals surface area contributed by atoms with Crippen molar-refractivity contribution in [3.05, 3.63) is 0 Å². The highest BCUT2D eigenvalue weighted by molar-refractivity contribution is 4.73. The van der Waals surface area contributed by atoms with Crippen LogP contribution in [0, 0.1) is 11.8 Å². The lowest BCUT2D eigenvalue weighted by Gasteiger charge is -2.32. The molecular formula is C12H22O3. The van der Waals surface area contributed by atoms with E-state index in [0.29, 0.717) is 12.0 Å². The lowest BCUT2D eigenvalue weighted by atomic mass is 9.94. The lowest BCUT2D eigenvalue weighted by molar-refractivity contribution is -0.196. The van der Waals surface area contributed by atoms with E-state index in [4.69, 9.17) is 14.2 Å². The summed E-state index contributed by atoms with van der Waals surface area (Å²) in [5, 5.41) is 0. The highest BCUT2D eigenvalue weighted by Crippen LogP contribution is 2.25. The van der Waals surface area contributed by atoms with Crippen LogP contribution in [-0.4, -0.2) is 32.2 Å². The first kappa shape index (κ1) is 11.4. The topological polar surface area (TPSA) is 27.7 Å². The third-order valence-electron chi connectivity index (χ3n) is 3.33. The molecule has 0 aromatic carbocycles. The maximum Gasteiger partial charge on any atom is 0.154 e. The average molecular weight is 214 g/mol. The number of hydrogen-bond acceptors (Lipinski definition) is 3. The summed E-state index contributed by atoms with van der Waals surface area (Å²) in [6, 6.07) is 0. The Labute approximate surface area is 92.1 Å². The highest BCUT2D eigenvalue weighted by atomic mass is 16.7. The van der Waals surface area contributed by atoms with Gasteiger partial charge in [0.05, 0.1) is 19.3 Å². The number of ether oxygens (including phenoxy) is 3. The van der Waals surface area contributed by atoms with Crippen LogP contribution in [0.5, 0.6) is 0 Å². The molecule has 88 valence electrons. The van der Waals surface area contributed by atoms with Crippen molar-refractivity contribution in [2.45, 2.75) is 45.5 Å². The summed E-state index contributed by atoms with van der Waals surface area (Å²) >= 11 is 0. The van der Waals surface area contributed by atoms with Crippen LogP contribution in [0.4, 0.5) is 0 Å². The zero-order chi connectivity index (χ0) is 10.7. The van der Waals surface area contributed by atoms with Crippen LogP contribution in [0.2, 0.25) is 0 Å². The minimum Gasteiger partial charge on any atom is -0.378 e. The third kappa shape index (κ3) is 3.44. The first-order chi connectivity index (χ1) is 7.24. The summed E-state index contributed by atoms with van der Waals surface area (Å²) in [5.74, 6) is 1.26. The van der Waals surface area contributed by atoms with Gasteiger partial charge in [-0.15, -0.1) is 0 Å². The predicted molar refractivity (Wildman–Crippen MR) is 57.6 cm³/mol. The van der Waals surface area contributed by atoms with Gasteiger partial charge in [-0.25, -0.2) is 0 Å². The molecule has 3 nitrogen and oxygen atoms in total. The summed E-state index contributed by atoms with van der Waals surface area (Å²) in [6.45, 7) is 6.79. The molecule has 0 spiro atoms. The molecule has 2 rings (SSSR count). The largest absolute Gasteiger partial charge is 0.378 e. The molecule has 0 N–H and O–H groups in total. The summed E-state index contributed by atoms with van der Waals surface area (Å²) in [5.41, 5.74) is 0. The highest BCUT2D eigenvalue weighted by Gasteiger charge is 2.25. The van der Waals surface area contributed by atoms with Crippen LogP contribution in [0.3, 0.4) is 0 Å². The van der Waals surface area contributed by atoms with Crippen molar-refractivity contribution < 1.29 is 14.2 Å². The Morgan fingerprint density at radius 2 is 1.67 bits per heavy atom. The number of rotatable bonds is 2. The van der Waals surface area contributed by atoms with Gasteiger partial charge in [-0.3, -0.25) is 0 Å². The second kappa shape index (κ2) is 5.28. The molecule has 2 atom stereocenters. The number of hydrogen-bond donors (Lipinski definition) is 0. The van der Waals surface area contributed by atoms with Crippen LogP contribution in [-0.2, 0) is 14.2 Å². The van der Waals surface area contributed by atoms with E-state index in [2.05, 4.69) is 6.92 Å². The summed E-state index contributed by atoms with van der Waals surface area (Å²) in [6.07, 6.45) is 4.02. The molecule has 0 aromatic heterocycles. The summed E-state index contributed by atoms with van der Waals surface area (Å²) < 4.78 is 16.8. The minimum atomic E-state index is -0.0199. The molecule has 2 aliphatic rings. The zero-order valence-corrected chi connectivity index (χ0v) is 9.78. The van der Waals surface area contributed by atoms with Crippen LogP contribution >= 0.6 is 0 Å². The monoisotopic (exact) mass is 214 g/mol. The van der Waals surface area contributed by atoms with Crippen molar-refractivity contribution in [3.8, 4) is 0 Å². The zero-order valence-electron chi connectivity index (χ0n) is 9.78. The van der Waals surface area contributed by atoms with Gasteiger partial charge in [0, 0.05) is 12.5 Å². The van der Waals surface area contributed by atoms with E-state index >= 15 is 0 Å². The van der Waals surface area contributed by atoms with Crippen molar-refractivity contribution in [1.82, 2.24) is 0 Å². The van der Waals surface area contributed by atoms with Gasteiger partial charge in [-0.05, 0) is 32.1 Å². The average Bonchev–Trinajstić information content (AvgIpc) is 2.25. The molecule has 2 fully saturated rings. The fourth-order valence-corrected chi connectivity index (χ4v) is 2.27. The third-order valence-corrected chi connectivity index (χ3v) is 3.33.